The first-order valence-corrected chi connectivity index (χ1v) is 5.14. The molecule has 2 N–H and O–H groups in total. The maximum absolute atomic E-state index is 10.1. The summed E-state index contributed by atoms with van der Waals surface area (Å²) in [5, 5.41) is 16.4. The molecule has 0 aliphatic heterocycles. The summed E-state index contributed by atoms with van der Waals surface area (Å²) in [5.74, 6) is -1.72. The van der Waals surface area contributed by atoms with E-state index in [0.717, 1.165) is 12.8 Å². The number of carboxylic acid groups (broad SMARTS) is 2. The lowest BCUT2D eigenvalue weighted by atomic mass is 10.1. The van der Waals surface area contributed by atoms with Gasteiger partial charge in [0.25, 0.3) is 0 Å². The summed E-state index contributed by atoms with van der Waals surface area (Å²) in [6, 6.07) is 0. The van der Waals surface area contributed by atoms with E-state index in [1.54, 1.807) is 19.9 Å². The zero-order chi connectivity index (χ0) is 13.1. The molecule has 0 atom stereocenters. The fourth-order valence-corrected chi connectivity index (χ4v) is 0.621. The van der Waals surface area contributed by atoms with Crippen LogP contribution in [-0.4, -0.2) is 22.2 Å². The first-order valence-electron chi connectivity index (χ1n) is 5.14. The molecule has 0 saturated heterocycles. The van der Waals surface area contributed by atoms with Crippen LogP contribution >= 0.6 is 0 Å². The maximum Gasteiger partial charge on any atom is 0.330 e. The molecule has 0 saturated carbocycles. The van der Waals surface area contributed by atoms with Crippen LogP contribution in [-0.2, 0) is 9.59 Å². The molecule has 0 rings (SSSR count). The third kappa shape index (κ3) is 10.5. The molecule has 0 radical (unpaired) electrons. The third-order valence-electron chi connectivity index (χ3n) is 1.90. The summed E-state index contributed by atoms with van der Waals surface area (Å²) in [4.78, 5) is 20.0. The summed E-state index contributed by atoms with van der Waals surface area (Å²) >= 11 is 0. The van der Waals surface area contributed by atoms with Gasteiger partial charge in [0.15, 0.2) is 0 Å². The molecule has 0 aromatic carbocycles. The number of carbonyl (C=O) groups is 2. The summed E-state index contributed by atoms with van der Waals surface area (Å²) in [7, 11) is 0. The predicted octanol–water partition coefficient (Wildman–Crippen LogP) is 2.85. The lowest BCUT2D eigenvalue weighted by molar-refractivity contribution is -0.133. The van der Waals surface area contributed by atoms with Gasteiger partial charge in [-0.2, -0.15) is 0 Å². The van der Waals surface area contributed by atoms with Gasteiger partial charge >= 0.3 is 11.9 Å². The Hall–Kier alpha value is -1.58. The molecule has 0 aliphatic carbocycles. The van der Waals surface area contributed by atoms with Gasteiger partial charge in [-0.15, -0.1) is 0 Å². The largest absolute Gasteiger partial charge is 0.478 e. The van der Waals surface area contributed by atoms with Crippen LogP contribution in [0, 0.1) is 0 Å². The molecular formula is C12H20O4. The van der Waals surface area contributed by atoms with Crippen LogP contribution in [0.1, 0.15) is 40.0 Å². The van der Waals surface area contributed by atoms with Crippen molar-refractivity contribution in [1.82, 2.24) is 0 Å². The third-order valence-corrected chi connectivity index (χ3v) is 1.90. The fraction of sp³-hybridized carbons (Fsp3) is 0.500. The number of hydrogen-bond acceptors (Lipinski definition) is 2. The van der Waals surface area contributed by atoms with E-state index in [4.69, 9.17) is 10.2 Å². The number of allylic oxidation sites excluding steroid dienone is 1. The van der Waals surface area contributed by atoms with Crippen molar-refractivity contribution in [3.8, 4) is 0 Å². The highest BCUT2D eigenvalue weighted by molar-refractivity contribution is 5.85. The monoisotopic (exact) mass is 228 g/mol. The molecule has 92 valence electrons. The molecule has 4 nitrogen and oxygen atoms in total. The van der Waals surface area contributed by atoms with E-state index in [-0.39, 0.29) is 0 Å². The Morgan fingerprint density at radius 3 is 1.94 bits per heavy atom. The molecule has 0 heterocycles. The van der Waals surface area contributed by atoms with Crippen molar-refractivity contribution in [3.63, 3.8) is 0 Å². The second kappa shape index (κ2) is 9.96. The van der Waals surface area contributed by atoms with Crippen molar-refractivity contribution in [2.24, 2.45) is 0 Å². The smallest absolute Gasteiger partial charge is 0.330 e. The molecular weight excluding hydrogens is 208 g/mol. The number of hydrogen-bond donors (Lipinski definition) is 2. The van der Waals surface area contributed by atoms with Crippen LogP contribution in [0.5, 0.6) is 0 Å². The quantitative estimate of drug-likeness (QED) is 0.709. The van der Waals surface area contributed by atoms with E-state index < -0.39 is 11.9 Å². The van der Waals surface area contributed by atoms with Gasteiger partial charge in [0.1, 0.15) is 0 Å². The van der Waals surface area contributed by atoms with Crippen molar-refractivity contribution in [2.75, 3.05) is 0 Å². The summed E-state index contributed by atoms with van der Waals surface area (Å²) in [5.41, 5.74) is 0.705. The van der Waals surface area contributed by atoms with Gasteiger partial charge < -0.3 is 10.2 Å². The summed E-state index contributed by atoms with van der Waals surface area (Å²) in [6.45, 7) is 8.67. The van der Waals surface area contributed by atoms with Gasteiger partial charge in [-0.3, -0.25) is 0 Å². The van der Waals surface area contributed by atoms with E-state index in [9.17, 15) is 9.59 Å². The van der Waals surface area contributed by atoms with Gasteiger partial charge in [-0.25, -0.2) is 9.59 Å². The Labute approximate surface area is 96.3 Å². The van der Waals surface area contributed by atoms with Gasteiger partial charge in [0.2, 0.25) is 0 Å². The van der Waals surface area contributed by atoms with Crippen molar-refractivity contribution < 1.29 is 19.8 Å². The highest BCUT2D eigenvalue weighted by atomic mass is 16.4. The fourth-order valence-electron chi connectivity index (χ4n) is 0.621. The van der Waals surface area contributed by atoms with Crippen LogP contribution in [0.25, 0.3) is 0 Å². The minimum atomic E-state index is -0.872. The van der Waals surface area contributed by atoms with Crippen molar-refractivity contribution in [2.45, 2.75) is 40.0 Å². The Kier molecular flexibility index (Phi) is 10.5. The van der Waals surface area contributed by atoms with Crippen LogP contribution in [0.15, 0.2) is 23.8 Å². The topological polar surface area (TPSA) is 74.6 Å². The predicted molar refractivity (Wildman–Crippen MR) is 63.4 cm³/mol. The molecule has 0 unspecified atom stereocenters. The summed E-state index contributed by atoms with van der Waals surface area (Å²) < 4.78 is 0. The van der Waals surface area contributed by atoms with Crippen molar-refractivity contribution in [3.05, 3.63) is 23.8 Å². The summed E-state index contributed by atoms with van der Waals surface area (Å²) in [6.07, 6.45) is 4.12. The molecule has 0 aromatic heterocycles. The van der Waals surface area contributed by atoms with Crippen LogP contribution in [0.4, 0.5) is 0 Å². The molecule has 0 aromatic rings. The Morgan fingerprint density at radius 2 is 1.75 bits per heavy atom. The standard InChI is InChI=1S/C7H12O2.C5H8O2/c1-3-4-5-6(2)7(8)9;1-3-4(2)5(6)7/h2-5H2,1H3,(H,8,9);3H,1-2H3,(H,6,7)/b;4-3+. The van der Waals surface area contributed by atoms with E-state index in [0.29, 0.717) is 17.6 Å². The van der Waals surface area contributed by atoms with Gasteiger partial charge in [-0.1, -0.05) is 26.0 Å². The van der Waals surface area contributed by atoms with E-state index >= 15 is 0 Å². The number of unbranched alkanes of at least 4 members (excludes halogenated alkanes) is 1. The molecule has 4 heteroatoms. The lowest BCUT2D eigenvalue weighted by Gasteiger charge is -1.95. The van der Waals surface area contributed by atoms with Crippen molar-refractivity contribution in [1.29, 1.82) is 0 Å². The van der Waals surface area contributed by atoms with E-state index in [1.165, 1.54) is 0 Å². The first kappa shape index (κ1) is 16.8. The molecule has 0 fully saturated rings. The second-order valence-electron chi connectivity index (χ2n) is 3.29. The number of rotatable bonds is 5. The average Bonchev–Trinajstić information content (AvgIpc) is 2.25. The van der Waals surface area contributed by atoms with Crippen LogP contribution < -0.4 is 0 Å². The number of aliphatic carboxylic acids is 2. The van der Waals surface area contributed by atoms with E-state index in [1.807, 2.05) is 6.92 Å². The molecule has 0 spiro atoms. The molecule has 0 aliphatic rings. The zero-order valence-electron chi connectivity index (χ0n) is 10.1. The van der Waals surface area contributed by atoms with Crippen LogP contribution in [0.2, 0.25) is 0 Å². The Bertz CT molecular complexity index is 277. The van der Waals surface area contributed by atoms with Crippen molar-refractivity contribution >= 4 is 11.9 Å². The second-order valence-corrected chi connectivity index (χ2v) is 3.29. The normalized spacial score (nSPS) is 10.1. The minimum absolute atomic E-state index is 0.317. The zero-order valence-corrected chi connectivity index (χ0v) is 10.1. The van der Waals surface area contributed by atoms with Gasteiger partial charge in [-0.05, 0) is 26.7 Å². The number of carboxylic acids is 2. The SMILES string of the molecule is C/C=C(\C)C(=O)O.C=C(CCCC)C(=O)O. The highest BCUT2D eigenvalue weighted by Crippen LogP contribution is 2.03. The Balaban J connectivity index is 0. The van der Waals surface area contributed by atoms with E-state index in [2.05, 4.69) is 6.58 Å². The van der Waals surface area contributed by atoms with Crippen LogP contribution in [0.3, 0.4) is 0 Å². The lowest BCUT2D eigenvalue weighted by Crippen LogP contribution is -1.97. The molecule has 0 bridgehead atoms. The minimum Gasteiger partial charge on any atom is -0.478 e. The average molecular weight is 228 g/mol. The highest BCUT2D eigenvalue weighted by Gasteiger charge is 2.00. The molecule has 16 heavy (non-hydrogen) atoms. The van der Waals surface area contributed by atoms with Gasteiger partial charge in [0, 0.05) is 11.1 Å². The Morgan fingerprint density at radius 1 is 1.25 bits per heavy atom. The molecule has 0 amide bonds. The maximum atomic E-state index is 10.1. The first-order chi connectivity index (χ1) is 7.36. The van der Waals surface area contributed by atoms with Gasteiger partial charge in [0.05, 0.1) is 0 Å².